The number of aromatic nitrogens is 2. The number of carbonyl (C=O) groups is 2. The van der Waals surface area contributed by atoms with Crippen LogP contribution in [-0.4, -0.2) is 46.6 Å². The monoisotopic (exact) mass is 621 g/mol. The van der Waals surface area contributed by atoms with Crippen LogP contribution in [0.15, 0.2) is 47.7 Å². The van der Waals surface area contributed by atoms with E-state index in [2.05, 4.69) is 18.8 Å². The van der Waals surface area contributed by atoms with Crippen LogP contribution in [0.4, 0.5) is 5.13 Å². The maximum atomic E-state index is 14.1. The Morgan fingerprint density at radius 1 is 1.00 bits per heavy atom. The average Bonchev–Trinajstić information content (AvgIpc) is 3.61. The number of rotatable bonds is 12. The topological polar surface area (TPSA) is 111 Å². The summed E-state index contributed by atoms with van der Waals surface area (Å²) in [6.45, 7) is 13.0. The fourth-order valence-corrected chi connectivity index (χ4v) is 6.85. The zero-order valence-electron chi connectivity index (χ0n) is 25.1. The zero-order valence-corrected chi connectivity index (χ0v) is 26.7. The maximum Gasteiger partial charge on any atom is 0.296 e. The molecule has 2 aromatic carbocycles. The SMILES string of the molecule is CCOc1ccc2nc(N3C(=O)C(O)=C(C(=O)c4sc(C)nc4C)C3c3ccc(OCCC(C)C)c(OCC)c3)sc2c1. The van der Waals surface area contributed by atoms with Crippen molar-refractivity contribution >= 4 is 49.7 Å². The summed E-state index contributed by atoms with van der Waals surface area (Å²) < 4.78 is 18.5. The second-order valence-electron chi connectivity index (χ2n) is 10.5. The molecule has 5 rings (SSSR count). The molecule has 0 aliphatic carbocycles. The van der Waals surface area contributed by atoms with E-state index in [1.54, 1.807) is 25.1 Å². The number of thiazole rings is 2. The van der Waals surface area contributed by atoms with Crippen LogP contribution in [0.25, 0.3) is 10.2 Å². The number of aryl methyl sites for hydroxylation is 2. The lowest BCUT2D eigenvalue weighted by Gasteiger charge is -2.25. The molecule has 11 heteroatoms. The lowest BCUT2D eigenvalue weighted by Crippen LogP contribution is -2.31. The number of ketones is 1. The second-order valence-corrected chi connectivity index (χ2v) is 12.8. The second kappa shape index (κ2) is 12.7. The molecule has 3 heterocycles. The van der Waals surface area contributed by atoms with E-state index < -0.39 is 23.5 Å². The number of fused-ring (bicyclic) bond motifs is 1. The normalized spacial score (nSPS) is 15.2. The fraction of sp³-hybridized carbons (Fsp3) is 0.375. The third kappa shape index (κ3) is 6.09. The number of ether oxygens (including phenoxy) is 3. The van der Waals surface area contributed by atoms with Gasteiger partial charge in [-0.15, -0.1) is 11.3 Å². The Hall–Kier alpha value is -3.96. The minimum absolute atomic E-state index is 0.0260. The van der Waals surface area contributed by atoms with Gasteiger partial charge in [0.2, 0.25) is 5.78 Å². The van der Waals surface area contributed by atoms with Crippen molar-refractivity contribution in [2.24, 2.45) is 5.92 Å². The molecule has 0 saturated carbocycles. The molecule has 0 radical (unpaired) electrons. The van der Waals surface area contributed by atoms with Gasteiger partial charge in [0, 0.05) is 0 Å². The largest absolute Gasteiger partial charge is 0.503 e. The number of nitrogens with zero attached hydrogens (tertiary/aromatic N) is 3. The summed E-state index contributed by atoms with van der Waals surface area (Å²) in [4.78, 5) is 38.7. The fourth-order valence-electron chi connectivity index (χ4n) is 4.95. The summed E-state index contributed by atoms with van der Waals surface area (Å²) in [5.41, 5.74) is 1.77. The van der Waals surface area contributed by atoms with Crippen molar-refractivity contribution in [3.05, 3.63) is 68.9 Å². The molecule has 1 atom stereocenters. The van der Waals surface area contributed by atoms with Crippen LogP contribution in [0.2, 0.25) is 0 Å². The predicted molar refractivity (Wildman–Crippen MR) is 169 cm³/mol. The summed E-state index contributed by atoms with van der Waals surface area (Å²) in [6, 6.07) is 9.92. The van der Waals surface area contributed by atoms with Crippen molar-refractivity contribution in [3.63, 3.8) is 0 Å². The molecule has 4 aromatic rings. The van der Waals surface area contributed by atoms with Crippen LogP contribution < -0.4 is 19.1 Å². The molecule has 0 spiro atoms. The highest BCUT2D eigenvalue weighted by molar-refractivity contribution is 7.22. The first-order chi connectivity index (χ1) is 20.6. The van der Waals surface area contributed by atoms with Crippen molar-refractivity contribution < 1.29 is 28.9 Å². The minimum atomic E-state index is -0.961. The van der Waals surface area contributed by atoms with Crippen LogP contribution in [0, 0.1) is 19.8 Å². The number of hydrogen-bond acceptors (Lipinski definition) is 10. The Labute approximate surface area is 258 Å². The van der Waals surface area contributed by atoms with Crippen LogP contribution in [0.5, 0.6) is 17.2 Å². The number of carbonyl (C=O) groups excluding carboxylic acids is 2. The van der Waals surface area contributed by atoms with Crippen molar-refractivity contribution in [1.29, 1.82) is 0 Å². The van der Waals surface area contributed by atoms with Gasteiger partial charge in [-0.1, -0.05) is 31.3 Å². The molecule has 0 fully saturated rings. The van der Waals surface area contributed by atoms with Crippen LogP contribution in [-0.2, 0) is 4.79 Å². The van der Waals surface area contributed by atoms with Gasteiger partial charge in [-0.2, -0.15) is 0 Å². The number of hydrogen-bond donors (Lipinski definition) is 1. The number of amides is 1. The molecule has 9 nitrogen and oxygen atoms in total. The van der Waals surface area contributed by atoms with Gasteiger partial charge in [0.15, 0.2) is 22.4 Å². The first-order valence-corrected chi connectivity index (χ1v) is 15.9. The van der Waals surface area contributed by atoms with Crippen molar-refractivity contribution in [2.45, 2.75) is 54.0 Å². The van der Waals surface area contributed by atoms with Gasteiger partial charge >= 0.3 is 0 Å². The van der Waals surface area contributed by atoms with E-state index in [-0.39, 0.29) is 5.57 Å². The van der Waals surface area contributed by atoms with Crippen molar-refractivity contribution in [3.8, 4) is 17.2 Å². The van der Waals surface area contributed by atoms with E-state index in [9.17, 15) is 14.7 Å². The summed E-state index contributed by atoms with van der Waals surface area (Å²) >= 11 is 2.52. The van der Waals surface area contributed by atoms with Gasteiger partial charge < -0.3 is 19.3 Å². The van der Waals surface area contributed by atoms with E-state index in [4.69, 9.17) is 19.2 Å². The maximum absolute atomic E-state index is 14.1. The molecular formula is C32H35N3O6S2. The summed E-state index contributed by atoms with van der Waals surface area (Å²) in [5.74, 6) is 0.474. The molecular weight excluding hydrogens is 587 g/mol. The van der Waals surface area contributed by atoms with Gasteiger partial charge in [0.25, 0.3) is 5.91 Å². The van der Waals surface area contributed by atoms with E-state index >= 15 is 0 Å². The molecule has 1 aliphatic heterocycles. The first kappa shape index (κ1) is 30.5. The standard InChI is InChI=1S/C32H35N3O6S2/c1-7-39-21-10-11-22-25(16-21)43-32(34-22)35-27(20-9-12-23(24(15-20)40-8-2)41-14-13-17(3)4)26(29(37)31(35)38)28(36)30-18(5)33-19(6)42-30/h9-12,15-17,27,37H,7-8,13-14H2,1-6H3. The van der Waals surface area contributed by atoms with Gasteiger partial charge in [0.05, 0.1) is 57.2 Å². The number of Topliss-reactive ketones (excluding diaryl/α,β-unsaturated/α-hetero) is 1. The lowest BCUT2D eigenvalue weighted by molar-refractivity contribution is -0.117. The highest BCUT2D eigenvalue weighted by atomic mass is 32.1. The number of aliphatic hydroxyl groups excluding tert-OH is 1. The minimum Gasteiger partial charge on any atom is -0.503 e. The van der Waals surface area contributed by atoms with Gasteiger partial charge in [-0.3, -0.25) is 14.5 Å². The molecule has 0 bridgehead atoms. The zero-order chi connectivity index (χ0) is 30.8. The first-order valence-electron chi connectivity index (χ1n) is 14.3. The molecule has 0 saturated heterocycles. The Kier molecular flexibility index (Phi) is 9.03. The molecule has 2 aromatic heterocycles. The van der Waals surface area contributed by atoms with Crippen molar-refractivity contribution in [2.75, 3.05) is 24.7 Å². The van der Waals surface area contributed by atoms with Gasteiger partial charge in [-0.05, 0) is 75.9 Å². The predicted octanol–water partition coefficient (Wildman–Crippen LogP) is 7.37. The average molecular weight is 622 g/mol. The highest BCUT2D eigenvalue weighted by Gasteiger charge is 2.46. The Morgan fingerprint density at radius 2 is 1.77 bits per heavy atom. The molecule has 1 unspecified atom stereocenters. The van der Waals surface area contributed by atoms with Crippen LogP contribution in [0.1, 0.15) is 66.1 Å². The Morgan fingerprint density at radius 3 is 2.44 bits per heavy atom. The molecule has 1 aliphatic rings. The van der Waals surface area contributed by atoms with Crippen LogP contribution >= 0.6 is 22.7 Å². The van der Waals surface area contributed by atoms with E-state index in [1.807, 2.05) is 39.0 Å². The lowest BCUT2D eigenvalue weighted by atomic mass is 9.95. The van der Waals surface area contributed by atoms with E-state index in [0.717, 1.165) is 16.1 Å². The molecule has 1 amide bonds. The van der Waals surface area contributed by atoms with E-state index in [1.165, 1.54) is 27.6 Å². The third-order valence-electron chi connectivity index (χ3n) is 6.96. The number of aliphatic hydroxyl groups is 1. The van der Waals surface area contributed by atoms with Crippen molar-refractivity contribution in [1.82, 2.24) is 9.97 Å². The summed E-state index contributed by atoms with van der Waals surface area (Å²) in [6.07, 6.45) is 0.879. The van der Waals surface area contributed by atoms with Crippen LogP contribution in [0.3, 0.4) is 0 Å². The number of anilines is 1. The Bertz CT molecular complexity index is 1710. The smallest absolute Gasteiger partial charge is 0.296 e. The van der Waals surface area contributed by atoms with Gasteiger partial charge in [0.1, 0.15) is 5.75 Å². The van der Waals surface area contributed by atoms with E-state index in [0.29, 0.717) is 69.8 Å². The Balaban J connectivity index is 1.63. The highest BCUT2D eigenvalue weighted by Crippen LogP contribution is 2.46. The quantitative estimate of drug-likeness (QED) is 0.163. The molecule has 43 heavy (non-hydrogen) atoms. The third-order valence-corrected chi connectivity index (χ3v) is 9.05. The number of benzene rings is 2. The molecule has 226 valence electrons. The molecule has 1 N–H and O–H groups in total. The van der Waals surface area contributed by atoms with Gasteiger partial charge in [-0.25, -0.2) is 9.97 Å². The summed E-state index contributed by atoms with van der Waals surface area (Å²) in [7, 11) is 0. The summed E-state index contributed by atoms with van der Waals surface area (Å²) in [5, 5.41) is 12.4.